The molecule has 0 amide bonds. The van der Waals surface area contributed by atoms with Crippen molar-refractivity contribution >= 4 is 0 Å². The molecule has 4 nitrogen and oxygen atoms in total. The maximum Gasteiger partial charge on any atom is 0.124 e. The van der Waals surface area contributed by atoms with Gasteiger partial charge in [-0.3, -0.25) is 11.3 Å². The van der Waals surface area contributed by atoms with Crippen molar-refractivity contribution in [1.82, 2.24) is 5.43 Å². The summed E-state index contributed by atoms with van der Waals surface area (Å²) >= 11 is 0. The predicted molar refractivity (Wildman–Crippen MR) is 69.0 cm³/mol. The molecule has 0 aromatic heterocycles. The Bertz CT molecular complexity index is 367. The van der Waals surface area contributed by atoms with Crippen molar-refractivity contribution in [2.24, 2.45) is 5.84 Å². The van der Waals surface area contributed by atoms with Gasteiger partial charge >= 0.3 is 0 Å². The molecule has 1 atom stereocenters. The van der Waals surface area contributed by atoms with Gasteiger partial charge in [0.1, 0.15) is 5.75 Å². The fourth-order valence-electron chi connectivity index (χ4n) is 2.10. The molecule has 96 valence electrons. The topological polar surface area (TPSA) is 56.5 Å². The molecule has 0 bridgehead atoms. The van der Waals surface area contributed by atoms with Crippen molar-refractivity contribution in [3.63, 3.8) is 0 Å². The largest absolute Gasteiger partial charge is 0.496 e. The summed E-state index contributed by atoms with van der Waals surface area (Å²) in [5.74, 6) is 6.49. The van der Waals surface area contributed by atoms with E-state index in [4.69, 9.17) is 15.3 Å². The lowest BCUT2D eigenvalue weighted by Crippen LogP contribution is -2.29. The van der Waals surface area contributed by atoms with Crippen LogP contribution in [0.15, 0.2) is 12.1 Å². The number of hydrogen-bond donors (Lipinski definition) is 2. The van der Waals surface area contributed by atoms with Crippen LogP contribution in [0.3, 0.4) is 0 Å². The third-order valence-corrected chi connectivity index (χ3v) is 2.87. The summed E-state index contributed by atoms with van der Waals surface area (Å²) < 4.78 is 10.5. The first-order valence-electron chi connectivity index (χ1n) is 5.74. The number of rotatable bonds is 6. The highest BCUT2D eigenvalue weighted by atomic mass is 16.5. The molecule has 0 heterocycles. The van der Waals surface area contributed by atoms with E-state index < -0.39 is 0 Å². The lowest BCUT2D eigenvalue weighted by Gasteiger charge is -2.21. The molecular formula is C13H22N2O2. The standard InChI is InChI=1S/C13H22N2O2/c1-9-7-10(2)13(12(8-9)17-4)11(15-14)5-6-16-3/h7-8,11,15H,5-6,14H2,1-4H3. The van der Waals surface area contributed by atoms with Gasteiger partial charge in [-0.25, -0.2) is 0 Å². The Morgan fingerprint density at radius 3 is 2.53 bits per heavy atom. The van der Waals surface area contributed by atoms with Gasteiger partial charge in [-0.2, -0.15) is 0 Å². The fraction of sp³-hybridized carbons (Fsp3) is 0.538. The summed E-state index contributed by atoms with van der Waals surface area (Å²) in [4.78, 5) is 0. The van der Waals surface area contributed by atoms with E-state index in [9.17, 15) is 0 Å². The van der Waals surface area contributed by atoms with Crippen LogP contribution in [0.5, 0.6) is 5.75 Å². The predicted octanol–water partition coefficient (Wildman–Crippen LogP) is 1.85. The van der Waals surface area contributed by atoms with E-state index in [1.54, 1.807) is 14.2 Å². The quantitative estimate of drug-likeness (QED) is 0.586. The molecular weight excluding hydrogens is 216 g/mol. The van der Waals surface area contributed by atoms with E-state index in [1.807, 2.05) is 6.07 Å². The van der Waals surface area contributed by atoms with Gasteiger partial charge in [0, 0.05) is 19.3 Å². The summed E-state index contributed by atoms with van der Waals surface area (Å²) in [6, 6.07) is 4.21. The Morgan fingerprint density at radius 2 is 2.00 bits per heavy atom. The van der Waals surface area contributed by atoms with Gasteiger partial charge < -0.3 is 9.47 Å². The molecule has 0 aliphatic rings. The molecule has 3 N–H and O–H groups in total. The smallest absolute Gasteiger partial charge is 0.124 e. The minimum Gasteiger partial charge on any atom is -0.496 e. The maximum absolute atomic E-state index is 5.61. The van der Waals surface area contributed by atoms with Crippen molar-refractivity contribution in [2.45, 2.75) is 26.3 Å². The highest BCUT2D eigenvalue weighted by Crippen LogP contribution is 2.31. The molecule has 0 saturated heterocycles. The van der Waals surface area contributed by atoms with Crippen molar-refractivity contribution in [3.05, 3.63) is 28.8 Å². The first-order valence-corrected chi connectivity index (χ1v) is 5.74. The van der Waals surface area contributed by atoms with Crippen molar-refractivity contribution < 1.29 is 9.47 Å². The Morgan fingerprint density at radius 1 is 1.29 bits per heavy atom. The fourth-order valence-corrected chi connectivity index (χ4v) is 2.10. The van der Waals surface area contributed by atoms with Gasteiger partial charge in [-0.1, -0.05) is 6.07 Å². The van der Waals surface area contributed by atoms with E-state index in [0.29, 0.717) is 6.61 Å². The molecule has 0 aliphatic carbocycles. The number of benzene rings is 1. The van der Waals surface area contributed by atoms with Crippen molar-refractivity contribution in [3.8, 4) is 5.75 Å². The van der Waals surface area contributed by atoms with Crippen LogP contribution in [-0.2, 0) is 4.74 Å². The number of ether oxygens (including phenoxy) is 2. The van der Waals surface area contributed by atoms with Crippen molar-refractivity contribution in [1.29, 1.82) is 0 Å². The van der Waals surface area contributed by atoms with E-state index in [2.05, 4.69) is 25.3 Å². The molecule has 0 aliphatic heterocycles. The monoisotopic (exact) mass is 238 g/mol. The maximum atomic E-state index is 5.61. The second-order valence-electron chi connectivity index (χ2n) is 4.20. The molecule has 1 rings (SSSR count). The summed E-state index contributed by atoms with van der Waals surface area (Å²) in [6.45, 7) is 4.78. The highest BCUT2D eigenvalue weighted by Gasteiger charge is 2.17. The van der Waals surface area contributed by atoms with Crippen LogP contribution in [0.4, 0.5) is 0 Å². The molecule has 0 spiro atoms. The van der Waals surface area contributed by atoms with Gasteiger partial charge in [0.2, 0.25) is 0 Å². The summed E-state index contributed by atoms with van der Waals surface area (Å²) in [6.07, 6.45) is 0.813. The minimum absolute atomic E-state index is 0.0468. The molecule has 0 fully saturated rings. The van der Waals surface area contributed by atoms with Gasteiger partial charge in [0.05, 0.1) is 13.2 Å². The Kier molecular flexibility index (Phi) is 5.41. The van der Waals surface area contributed by atoms with Crippen LogP contribution in [-0.4, -0.2) is 20.8 Å². The molecule has 1 unspecified atom stereocenters. The van der Waals surface area contributed by atoms with Gasteiger partial charge in [0.25, 0.3) is 0 Å². The van der Waals surface area contributed by atoms with Crippen LogP contribution in [0.1, 0.15) is 29.2 Å². The molecule has 17 heavy (non-hydrogen) atoms. The average molecular weight is 238 g/mol. The SMILES string of the molecule is COCCC(NN)c1c(C)cc(C)cc1OC. The molecule has 0 radical (unpaired) electrons. The molecule has 1 aromatic rings. The molecule has 1 aromatic carbocycles. The number of nitrogens with two attached hydrogens (primary N) is 1. The normalized spacial score (nSPS) is 12.5. The van der Waals surface area contributed by atoms with Crippen molar-refractivity contribution in [2.75, 3.05) is 20.8 Å². The van der Waals surface area contributed by atoms with E-state index in [1.165, 1.54) is 11.1 Å². The summed E-state index contributed by atoms with van der Waals surface area (Å²) in [5.41, 5.74) is 6.30. The van der Waals surface area contributed by atoms with Gasteiger partial charge in [-0.05, 0) is 37.5 Å². The highest BCUT2D eigenvalue weighted by molar-refractivity contribution is 5.45. The summed E-state index contributed by atoms with van der Waals surface area (Å²) in [7, 11) is 3.37. The first-order chi connectivity index (χ1) is 8.13. The van der Waals surface area contributed by atoms with E-state index in [-0.39, 0.29) is 6.04 Å². The van der Waals surface area contributed by atoms with E-state index >= 15 is 0 Å². The summed E-state index contributed by atoms with van der Waals surface area (Å²) in [5, 5.41) is 0. The third-order valence-electron chi connectivity index (χ3n) is 2.87. The second-order valence-corrected chi connectivity index (χ2v) is 4.20. The Hall–Kier alpha value is -1.10. The van der Waals surface area contributed by atoms with Crippen LogP contribution >= 0.6 is 0 Å². The number of hydrogen-bond acceptors (Lipinski definition) is 4. The van der Waals surface area contributed by atoms with Gasteiger partial charge in [-0.15, -0.1) is 0 Å². The third kappa shape index (κ3) is 3.43. The van der Waals surface area contributed by atoms with Crippen LogP contribution in [0.2, 0.25) is 0 Å². The number of nitrogens with one attached hydrogen (secondary N) is 1. The van der Waals surface area contributed by atoms with Crippen LogP contribution in [0.25, 0.3) is 0 Å². The molecule has 0 saturated carbocycles. The number of methoxy groups -OCH3 is 2. The number of aryl methyl sites for hydroxylation is 2. The van der Waals surface area contributed by atoms with E-state index in [0.717, 1.165) is 17.7 Å². The minimum atomic E-state index is 0.0468. The number of hydrazine groups is 1. The van der Waals surface area contributed by atoms with Gasteiger partial charge in [0.15, 0.2) is 0 Å². The van der Waals surface area contributed by atoms with Crippen LogP contribution < -0.4 is 16.0 Å². The average Bonchev–Trinajstić information content (AvgIpc) is 2.31. The Balaban J connectivity index is 3.08. The lowest BCUT2D eigenvalue weighted by molar-refractivity contribution is 0.182. The van der Waals surface area contributed by atoms with Crippen LogP contribution in [0, 0.1) is 13.8 Å². The lowest BCUT2D eigenvalue weighted by atomic mass is 9.96. The molecule has 4 heteroatoms. The second kappa shape index (κ2) is 6.59. The zero-order chi connectivity index (χ0) is 12.8. The Labute approximate surface area is 103 Å². The zero-order valence-electron chi connectivity index (χ0n) is 11.0. The zero-order valence-corrected chi connectivity index (χ0v) is 11.0. The first kappa shape index (κ1) is 14.0.